The second-order valence-corrected chi connectivity index (χ2v) is 4.30. The lowest BCUT2D eigenvalue weighted by Gasteiger charge is -2.21. The first-order chi connectivity index (χ1) is 7.72. The number of benzene rings is 1. The highest BCUT2D eigenvalue weighted by Crippen LogP contribution is 2.33. The van der Waals surface area contributed by atoms with Gasteiger partial charge in [-0.1, -0.05) is 6.07 Å². The number of hydrogen-bond acceptors (Lipinski definition) is 3. The average Bonchev–Trinajstić information content (AvgIpc) is 2.81. The maximum Gasteiger partial charge on any atom is 0.142 e. The van der Waals surface area contributed by atoms with Crippen molar-refractivity contribution >= 4 is 5.69 Å². The minimum absolute atomic E-state index is 0.443. The highest BCUT2D eigenvalue weighted by Gasteiger charge is 2.17. The summed E-state index contributed by atoms with van der Waals surface area (Å²) in [4.78, 5) is 2.34. The summed E-state index contributed by atoms with van der Waals surface area (Å²) in [6.07, 6.45) is 2.06. The molecule has 1 heterocycles. The van der Waals surface area contributed by atoms with E-state index in [-0.39, 0.29) is 0 Å². The fourth-order valence-corrected chi connectivity index (χ4v) is 2.17. The standard InChI is InChI=1S/C13H19NO2/c1-10(15)11-5-6-12(13(9-11)16-2)14-7-3-4-8-14/h5-6,9-10,15H,3-4,7-8H2,1-2H3. The normalized spacial score (nSPS) is 17.6. The third-order valence-corrected chi connectivity index (χ3v) is 3.13. The molecule has 0 bridgehead atoms. The van der Waals surface area contributed by atoms with Gasteiger partial charge in [0.05, 0.1) is 18.9 Å². The number of aliphatic hydroxyl groups excluding tert-OH is 1. The summed E-state index contributed by atoms with van der Waals surface area (Å²) in [6.45, 7) is 3.97. The highest BCUT2D eigenvalue weighted by atomic mass is 16.5. The Labute approximate surface area is 96.6 Å². The van der Waals surface area contributed by atoms with Crippen molar-refractivity contribution < 1.29 is 9.84 Å². The molecule has 0 radical (unpaired) electrons. The zero-order valence-corrected chi connectivity index (χ0v) is 9.94. The number of methoxy groups -OCH3 is 1. The van der Waals surface area contributed by atoms with E-state index in [0.29, 0.717) is 0 Å². The SMILES string of the molecule is COc1cc(C(C)O)ccc1N1CCCC1. The molecule has 3 heteroatoms. The molecule has 1 aliphatic rings. The van der Waals surface area contributed by atoms with Crippen molar-refractivity contribution in [3.05, 3.63) is 23.8 Å². The van der Waals surface area contributed by atoms with Crippen molar-refractivity contribution in [1.29, 1.82) is 0 Å². The van der Waals surface area contributed by atoms with Crippen molar-refractivity contribution in [3.63, 3.8) is 0 Å². The van der Waals surface area contributed by atoms with Crippen LogP contribution >= 0.6 is 0 Å². The van der Waals surface area contributed by atoms with E-state index in [1.165, 1.54) is 12.8 Å². The fraction of sp³-hybridized carbons (Fsp3) is 0.538. The Bertz CT molecular complexity index is 357. The molecule has 16 heavy (non-hydrogen) atoms. The number of anilines is 1. The van der Waals surface area contributed by atoms with E-state index in [0.717, 1.165) is 30.1 Å². The smallest absolute Gasteiger partial charge is 0.142 e. The molecule has 0 amide bonds. The lowest BCUT2D eigenvalue weighted by atomic mass is 10.1. The van der Waals surface area contributed by atoms with Gasteiger partial charge >= 0.3 is 0 Å². The van der Waals surface area contributed by atoms with E-state index in [1.807, 2.05) is 18.2 Å². The van der Waals surface area contributed by atoms with E-state index < -0.39 is 6.10 Å². The predicted molar refractivity (Wildman–Crippen MR) is 65.1 cm³/mol. The quantitative estimate of drug-likeness (QED) is 0.850. The molecule has 0 spiro atoms. The van der Waals surface area contributed by atoms with Gasteiger partial charge in [0.25, 0.3) is 0 Å². The van der Waals surface area contributed by atoms with E-state index in [4.69, 9.17) is 4.74 Å². The zero-order valence-electron chi connectivity index (χ0n) is 9.94. The van der Waals surface area contributed by atoms with Crippen molar-refractivity contribution in [3.8, 4) is 5.75 Å². The summed E-state index contributed by atoms with van der Waals surface area (Å²) in [5.74, 6) is 0.861. The molecule has 1 fully saturated rings. The van der Waals surface area contributed by atoms with E-state index >= 15 is 0 Å². The first-order valence-electron chi connectivity index (χ1n) is 5.83. The number of aliphatic hydroxyl groups is 1. The van der Waals surface area contributed by atoms with Gasteiger partial charge in [0, 0.05) is 13.1 Å². The maximum absolute atomic E-state index is 9.53. The van der Waals surface area contributed by atoms with Crippen LogP contribution < -0.4 is 9.64 Å². The van der Waals surface area contributed by atoms with Crippen LogP contribution in [0.3, 0.4) is 0 Å². The van der Waals surface area contributed by atoms with Crippen LogP contribution in [0, 0.1) is 0 Å². The highest BCUT2D eigenvalue weighted by molar-refractivity contribution is 5.60. The lowest BCUT2D eigenvalue weighted by molar-refractivity contribution is 0.199. The Morgan fingerprint density at radius 2 is 2.00 bits per heavy atom. The van der Waals surface area contributed by atoms with Crippen LogP contribution in [0.4, 0.5) is 5.69 Å². The van der Waals surface area contributed by atoms with Crippen molar-refractivity contribution in [2.75, 3.05) is 25.1 Å². The monoisotopic (exact) mass is 221 g/mol. The molecule has 1 saturated heterocycles. The van der Waals surface area contributed by atoms with Gasteiger partial charge in [0.1, 0.15) is 5.75 Å². The van der Waals surface area contributed by atoms with E-state index in [2.05, 4.69) is 4.90 Å². The first-order valence-corrected chi connectivity index (χ1v) is 5.83. The lowest BCUT2D eigenvalue weighted by Crippen LogP contribution is -2.18. The summed E-state index contributed by atoms with van der Waals surface area (Å²) in [7, 11) is 1.68. The van der Waals surface area contributed by atoms with Crippen molar-refractivity contribution in [1.82, 2.24) is 0 Å². The third-order valence-electron chi connectivity index (χ3n) is 3.13. The molecule has 2 rings (SSSR count). The molecular formula is C13H19NO2. The molecular weight excluding hydrogens is 202 g/mol. The van der Waals surface area contributed by atoms with E-state index in [1.54, 1.807) is 14.0 Å². The van der Waals surface area contributed by atoms with E-state index in [9.17, 15) is 5.11 Å². The molecule has 1 aromatic carbocycles. The van der Waals surface area contributed by atoms with Gasteiger partial charge in [-0.15, -0.1) is 0 Å². The largest absolute Gasteiger partial charge is 0.495 e. The molecule has 88 valence electrons. The van der Waals surface area contributed by atoms with Gasteiger partial charge in [-0.05, 0) is 37.5 Å². The molecule has 0 aromatic heterocycles. The van der Waals surface area contributed by atoms with Crippen LogP contribution in [0.15, 0.2) is 18.2 Å². The van der Waals surface area contributed by atoms with Crippen LogP contribution in [0.5, 0.6) is 5.75 Å². The Kier molecular flexibility index (Phi) is 3.34. The Morgan fingerprint density at radius 1 is 1.31 bits per heavy atom. The molecule has 1 aliphatic heterocycles. The molecule has 1 N–H and O–H groups in total. The van der Waals surface area contributed by atoms with Crippen LogP contribution in [-0.4, -0.2) is 25.3 Å². The summed E-state index contributed by atoms with van der Waals surface area (Å²) < 4.78 is 5.40. The van der Waals surface area contributed by atoms with Crippen LogP contribution in [0.25, 0.3) is 0 Å². The van der Waals surface area contributed by atoms with Crippen LogP contribution in [-0.2, 0) is 0 Å². The van der Waals surface area contributed by atoms with Gasteiger partial charge < -0.3 is 14.7 Å². The average molecular weight is 221 g/mol. The van der Waals surface area contributed by atoms with Crippen LogP contribution in [0.2, 0.25) is 0 Å². The minimum Gasteiger partial charge on any atom is -0.495 e. The summed E-state index contributed by atoms with van der Waals surface area (Å²) >= 11 is 0. The zero-order chi connectivity index (χ0) is 11.5. The van der Waals surface area contributed by atoms with Crippen molar-refractivity contribution in [2.45, 2.75) is 25.9 Å². The fourth-order valence-electron chi connectivity index (χ4n) is 2.17. The molecule has 1 aromatic rings. The van der Waals surface area contributed by atoms with Gasteiger partial charge in [-0.3, -0.25) is 0 Å². The first kappa shape index (κ1) is 11.3. The number of ether oxygens (including phenoxy) is 1. The topological polar surface area (TPSA) is 32.7 Å². The predicted octanol–water partition coefficient (Wildman–Crippen LogP) is 2.35. The summed E-state index contributed by atoms with van der Waals surface area (Å²) in [6, 6.07) is 5.95. The number of hydrogen-bond donors (Lipinski definition) is 1. The van der Waals surface area contributed by atoms with Gasteiger partial charge in [0.2, 0.25) is 0 Å². The second-order valence-electron chi connectivity index (χ2n) is 4.30. The minimum atomic E-state index is -0.443. The Hall–Kier alpha value is -1.22. The molecule has 1 atom stereocenters. The van der Waals surface area contributed by atoms with Crippen molar-refractivity contribution in [2.24, 2.45) is 0 Å². The molecule has 0 saturated carbocycles. The molecule has 1 unspecified atom stereocenters. The van der Waals surface area contributed by atoms with Gasteiger partial charge in [-0.25, -0.2) is 0 Å². The van der Waals surface area contributed by atoms with Gasteiger partial charge in [-0.2, -0.15) is 0 Å². The van der Waals surface area contributed by atoms with Crippen LogP contribution in [0.1, 0.15) is 31.4 Å². The second kappa shape index (κ2) is 4.74. The molecule has 3 nitrogen and oxygen atoms in total. The molecule has 0 aliphatic carbocycles. The third kappa shape index (κ3) is 2.14. The Balaban J connectivity index is 2.30. The number of rotatable bonds is 3. The maximum atomic E-state index is 9.53. The van der Waals surface area contributed by atoms with Gasteiger partial charge in [0.15, 0.2) is 0 Å². The summed E-state index contributed by atoms with van der Waals surface area (Å²) in [5.41, 5.74) is 2.05. The summed E-state index contributed by atoms with van der Waals surface area (Å²) in [5, 5.41) is 9.53. The number of nitrogens with zero attached hydrogens (tertiary/aromatic N) is 1. The Morgan fingerprint density at radius 3 is 2.56 bits per heavy atom.